The van der Waals surface area contributed by atoms with Crippen molar-refractivity contribution in [2.45, 2.75) is 18.9 Å². The Hall–Kier alpha value is -1.34. The van der Waals surface area contributed by atoms with Gasteiger partial charge < -0.3 is 5.11 Å². The quantitative estimate of drug-likeness (QED) is 0.742. The van der Waals surface area contributed by atoms with E-state index in [-0.39, 0.29) is 0 Å². The van der Waals surface area contributed by atoms with Gasteiger partial charge in [-0.05, 0) is 48.2 Å². The van der Waals surface area contributed by atoms with Crippen LogP contribution in [-0.2, 0) is 6.42 Å². The van der Waals surface area contributed by atoms with Gasteiger partial charge in [-0.2, -0.15) is 0 Å². The molecule has 0 spiro atoms. The maximum absolute atomic E-state index is 10.2. The monoisotopic (exact) mass is 349 g/mol. The minimum Gasteiger partial charge on any atom is -0.388 e. The largest absolute Gasteiger partial charge is 0.388 e. The fourth-order valence-corrected chi connectivity index (χ4v) is 2.48. The number of aliphatic hydroxyl groups excluding tert-OH is 1. The molecule has 0 heterocycles. The molecule has 0 saturated heterocycles. The van der Waals surface area contributed by atoms with Crippen molar-refractivity contribution >= 4 is 33.2 Å². The van der Waals surface area contributed by atoms with Crippen molar-refractivity contribution in [3.63, 3.8) is 0 Å². The van der Waals surface area contributed by atoms with Crippen LogP contribution in [0.3, 0.4) is 0 Å². The number of hydrogen-bond donors (Lipinski definition) is 1. The van der Waals surface area contributed by atoms with Crippen LogP contribution in [0.25, 0.3) is 4.85 Å². The minimum atomic E-state index is -0.613. The number of hydrogen-bond acceptors (Lipinski definition) is 1. The fraction of sp³-hybridized carbons (Fsp3) is 0.188. The summed E-state index contributed by atoms with van der Waals surface area (Å²) in [4.78, 5) is 3.35. The lowest BCUT2D eigenvalue weighted by atomic mass is 10.0. The second kappa shape index (κ2) is 6.90. The van der Waals surface area contributed by atoms with Gasteiger partial charge in [0.15, 0.2) is 5.69 Å². The average Bonchev–Trinajstić information content (AvgIpc) is 2.45. The topological polar surface area (TPSA) is 24.6 Å². The lowest BCUT2D eigenvalue weighted by Crippen LogP contribution is -1.99. The summed E-state index contributed by atoms with van der Waals surface area (Å²) in [5, 5.41) is 10.7. The molecule has 1 unspecified atom stereocenters. The van der Waals surface area contributed by atoms with Gasteiger partial charge >= 0.3 is 0 Å². The molecule has 102 valence electrons. The molecule has 20 heavy (non-hydrogen) atoms. The Balaban J connectivity index is 2.05. The molecule has 1 atom stereocenters. The summed E-state index contributed by atoms with van der Waals surface area (Å²) in [6, 6.07) is 13.0. The van der Waals surface area contributed by atoms with Crippen LogP contribution < -0.4 is 0 Å². The Morgan fingerprint density at radius 1 is 1.20 bits per heavy atom. The summed E-state index contributed by atoms with van der Waals surface area (Å²) < 4.78 is 1.04. The Morgan fingerprint density at radius 2 is 1.90 bits per heavy atom. The molecule has 0 radical (unpaired) electrons. The van der Waals surface area contributed by atoms with Gasteiger partial charge in [-0.15, -0.1) is 0 Å². The van der Waals surface area contributed by atoms with E-state index in [0.717, 1.165) is 10.9 Å². The highest BCUT2D eigenvalue weighted by Crippen LogP contribution is 2.27. The van der Waals surface area contributed by atoms with Crippen molar-refractivity contribution < 1.29 is 5.11 Å². The molecule has 4 heteroatoms. The van der Waals surface area contributed by atoms with Crippen LogP contribution in [0.5, 0.6) is 0 Å². The number of aryl methyl sites for hydroxylation is 1. The summed E-state index contributed by atoms with van der Waals surface area (Å²) in [6.45, 7) is 7.01. The first kappa shape index (κ1) is 15.1. The van der Waals surface area contributed by atoms with Gasteiger partial charge in [0.05, 0.1) is 12.7 Å². The van der Waals surface area contributed by atoms with Crippen molar-refractivity contribution in [3.8, 4) is 0 Å². The normalized spacial score (nSPS) is 11.9. The van der Waals surface area contributed by atoms with Crippen molar-refractivity contribution in [3.05, 3.63) is 74.5 Å². The SMILES string of the molecule is [C-]#[N+]c1cc(Cl)cc(C(O)CCc2ccc(Br)cc2)c1. The summed E-state index contributed by atoms with van der Waals surface area (Å²) in [5.74, 6) is 0. The second-order valence-corrected chi connectivity index (χ2v) is 5.89. The van der Waals surface area contributed by atoms with E-state index >= 15 is 0 Å². The van der Waals surface area contributed by atoms with Gasteiger partial charge in [0, 0.05) is 9.50 Å². The van der Waals surface area contributed by atoms with Gasteiger partial charge in [-0.25, -0.2) is 4.85 Å². The molecule has 2 nitrogen and oxygen atoms in total. The highest BCUT2D eigenvalue weighted by atomic mass is 79.9. The van der Waals surface area contributed by atoms with E-state index < -0.39 is 6.10 Å². The number of aliphatic hydroxyl groups is 1. The third-order valence-electron chi connectivity index (χ3n) is 3.04. The van der Waals surface area contributed by atoms with Crippen molar-refractivity contribution in [1.29, 1.82) is 0 Å². The van der Waals surface area contributed by atoms with E-state index in [9.17, 15) is 5.11 Å². The molecule has 0 saturated carbocycles. The Bertz CT molecular complexity index is 634. The van der Waals surface area contributed by atoms with E-state index in [1.54, 1.807) is 18.2 Å². The molecule has 0 aromatic heterocycles. The van der Waals surface area contributed by atoms with E-state index in [1.165, 1.54) is 5.56 Å². The smallest absolute Gasteiger partial charge is 0.189 e. The maximum Gasteiger partial charge on any atom is 0.189 e. The molecule has 0 aliphatic rings. The fourth-order valence-electron chi connectivity index (χ4n) is 1.97. The summed E-state index contributed by atoms with van der Waals surface area (Å²) in [5.41, 5.74) is 2.32. The molecule has 0 aliphatic heterocycles. The summed E-state index contributed by atoms with van der Waals surface area (Å²) in [7, 11) is 0. The van der Waals surface area contributed by atoms with Gasteiger partial charge in [0.2, 0.25) is 0 Å². The molecule has 2 aromatic rings. The van der Waals surface area contributed by atoms with E-state index in [1.807, 2.05) is 24.3 Å². The van der Waals surface area contributed by atoms with Gasteiger partial charge in [0.1, 0.15) is 0 Å². The Kier molecular flexibility index (Phi) is 5.19. The number of nitrogens with zero attached hydrogens (tertiary/aromatic N) is 1. The molecule has 0 fully saturated rings. The molecular formula is C16H13BrClNO. The predicted octanol–water partition coefficient (Wildman–Crippen LogP) is 5.32. The zero-order chi connectivity index (χ0) is 14.5. The van der Waals surface area contributed by atoms with Crippen molar-refractivity contribution in [1.82, 2.24) is 0 Å². The van der Waals surface area contributed by atoms with Crippen molar-refractivity contribution in [2.75, 3.05) is 0 Å². The van der Waals surface area contributed by atoms with Gasteiger partial charge in [0.25, 0.3) is 0 Å². The van der Waals surface area contributed by atoms with Crippen LogP contribution in [0.1, 0.15) is 23.7 Å². The highest BCUT2D eigenvalue weighted by Gasteiger charge is 2.10. The molecule has 2 rings (SSSR count). The second-order valence-electron chi connectivity index (χ2n) is 4.54. The highest BCUT2D eigenvalue weighted by molar-refractivity contribution is 9.10. The predicted molar refractivity (Wildman–Crippen MR) is 85.1 cm³/mol. The first-order valence-corrected chi connectivity index (χ1v) is 7.36. The van der Waals surface area contributed by atoms with Crippen LogP contribution in [0, 0.1) is 6.57 Å². The zero-order valence-electron chi connectivity index (χ0n) is 10.7. The van der Waals surface area contributed by atoms with Crippen LogP contribution in [0.2, 0.25) is 5.02 Å². The molecule has 2 aromatic carbocycles. The minimum absolute atomic E-state index is 0.454. The Morgan fingerprint density at radius 3 is 2.55 bits per heavy atom. The van der Waals surface area contributed by atoms with E-state index in [2.05, 4.69) is 20.8 Å². The molecule has 0 aliphatic carbocycles. The van der Waals surface area contributed by atoms with Crippen LogP contribution in [0.15, 0.2) is 46.9 Å². The summed E-state index contributed by atoms with van der Waals surface area (Å²) >= 11 is 9.34. The first-order valence-electron chi connectivity index (χ1n) is 6.19. The number of halogens is 2. The molecule has 1 N–H and O–H groups in total. The van der Waals surface area contributed by atoms with Crippen molar-refractivity contribution in [2.24, 2.45) is 0 Å². The van der Waals surface area contributed by atoms with Gasteiger partial charge in [-0.1, -0.05) is 45.7 Å². The third kappa shape index (κ3) is 4.08. The van der Waals surface area contributed by atoms with Crippen LogP contribution >= 0.6 is 27.5 Å². The zero-order valence-corrected chi connectivity index (χ0v) is 13.0. The van der Waals surface area contributed by atoms with E-state index in [4.69, 9.17) is 18.2 Å². The number of rotatable bonds is 4. The maximum atomic E-state index is 10.2. The standard InChI is InChI=1S/C16H13BrClNO/c1-19-15-9-12(8-14(18)10-15)16(20)7-4-11-2-5-13(17)6-3-11/h2-3,5-6,8-10,16,20H,4,7H2. The lowest BCUT2D eigenvalue weighted by molar-refractivity contribution is 0.168. The lowest BCUT2D eigenvalue weighted by Gasteiger charge is -2.12. The first-order chi connectivity index (χ1) is 9.58. The molecule has 0 amide bonds. The van der Waals surface area contributed by atoms with Gasteiger partial charge in [-0.3, -0.25) is 0 Å². The molecule has 0 bridgehead atoms. The Labute approximate surface area is 132 Å². The van der Waals surface area contributed by atoms with Crippen LogP contribution in [0.4, 0.5) is 5.69 Å². The summed E-state index contributed by atoms with van der Waals surface area (Å²) in [6.07, 6.45) is 0.756. The third-order valence-corrected chi connectivity index (χ3v) is 3.79. The van der Waals surface area contributed by atoms with Crippen LogP contribution in [-0.4, -0.2) is 5.11 Å². The molecular weight excluding hydrogens is 338 g/mol. The van der Waals surface area contributed by atoms with E-state index in [0.29, 0.717) is 22.7 Å². The average molecular weight is 351 g/mol. The number of benzene rings is 2.